The highest BCUT2D eigenvalue weighted by Gasteiger charge is 2.25. The molecule has 1 saturated heterocycles. The Bertz CT molecular complexity index is 1380. The monoisotopic (exact) mass is 454 g/mol. The summed E-state index contributed by atoms with van der Waals surface area (Å²) >= 11 is 0. The molecular formula is C30H21F3O. The summed E-state index contributed by atoms with van der Waals surface area (Å²) in [6.07, 6.45) is 4.93. The Balaban J connectivity index is 1.34. The number of halogens is 3. The predicted octanol–water partition coefficient (Wildman–Crippen LogP) is 8.32. The van der Waals surface area contributed by atoms with E-state index < -0.39 is 11.6 Å². The summed E-state index contributed by atoms with van der Waals surface area (Å²) in [5.41, 5.74) is 4.73. The second kappa shape index (κ2) is 9.16. The Morgan fingerprint density at radius 2 is 1.32 bits per heavy atom. The molecule has 4 aromatic rings. The lowest BCUT2D eigenvalue weighted by molar-refractivity contribution is 0.415. The summed E-state index contributed by atoms with van der Waals surface area (Å²) in [6, 6.07) is 22.6. The van der Waals surface area contributed by atoms with Crippen LogP contribution in [0.4, 0.5) is 13.2 Å². The Labute approximate surface area is 196 Å². The van der Waals surface area contributed by atoms with Gasteiger partial charge >= 0.3 is 0 Å². The molecule has 0 aliphatic carbocycles. The van der Waals surface area contributed by atoms with Crippen molar-refractivity contribution >= 4 is 18.2 Å². The van der Waals surface area contributed by atoms with Crippen LogP contribution in [0.25, 0.3) is 40.5 Å². The molecule has 0 saturated carbocycles. The van der Waals surface area contributed by atoms with Gasteiger partial charge < -0.3 is 4.74 Å². The lowest BCUT2D eigenvalue weighted by Crippen LogP contribution is -1.93. The highest BCUT2D eigenvalue weighted by Crippen LogP contribution is 2.33. The molecule has 0 N–H and O–H groups in total. The fraction of sp³-hybridized carbons (Fsp3) is 0.0667. The van der Waals surface area contributed by atoms with E-state index in [-0.39, 0.29) is 23.0 Å². The molecule has 1 nitrogen and oxygen atoms in total. The first-order valence-corrected chi connectivity index (χ1v) is 10.9. The van der Waals surface area contributed by atoms with Crippen molar-refractivity contribution in [2.24, 2.45) is 0 Å². The van der Waals surface area contributed by atoms with Crippen LogP contribution in [0, 0.1) is 17.5 Å². The van der Waals surface area contributed by atoms with Gasteiger partial charge in [-0.25, -0.2) is 13.2 Å². The van der Waals surface area contributed by atoms with Gasteiger partial charge in [0.2, 0.25) is 0 Å². The summed E-state index contributed by atoms with van der Waals surface area (Å²) in [7, 11) is 0. The standard InChI is InChI=1S/C30H21F3O/c1-2-19-3-8-22(9-4-19)26-16-13-23(29(32)30(26)33)12-7-20-5-10-21(11-6-20)25-15-14-24(17-27(25)31)28-18-34-28/h2-17,28H,1,18H2/b12-7+. The molecule has 0 spiro atoms. The fourth-order valence-electron chi connectivity index (χ4n) is 3.88. The van der Waals surface area contributed by atoms with Crippen molar-refractivity contribution in [2.45, 2.75) is 6.10 Å². The van der Waals surface area contributed by atoms with Gasteiger partial charge in [-0.3, -0.25) is 0 Å². The van der Waals surface area contributed by atoms with Gasteiger partial charge in [-0.2, -0.15) is 0 Å². The van der Waals surface area contributed by atoms with Crippen molar-refractivity contribution in [3.05, 3.63) is 125 Å². The number of epoxide rings is 1. The van der Waals surface area contributed by atoms with Crippen LogP contribution in [0.5, 0.6) is 0 Å². The summed E-state index contributed by atoms with van der Waals surface area (Å²) in [5.74, 6) is -2.09. The van der Waals surface area contributed by atoms with Gasteiger partial charge in [0.1, 0.15) is 11.9 Å². The van der Waals surface area contributed by atoms with Crippen LogP contribution in [0.15, 0.2) is 85.4 Å². The average Bonchev–Trinajstić information content (AvgIpc) is 3.71. The smallest absolute Gasteiger partial charge is 0.167 e. The van der Waals surface area contributed by atoms with Gasteiger partial charge in [-0.1, -0.05) is 97.6 Å². The van der Waals surface area contributed by atoms with E-state index in [0.717, 1.165) is 22.3 Å². The van der Waals surface area contributed by atoms with Crippen LogP contribution in [0.3, 0.4) is 0 Å². The lowest BCUT2D eigenvalue weighted by atomic mass is 9.99. The molecule has 1 fully saturated rings. The fourth-order valence-corrected chi connectivity index (χ4v) is 3.88. The number of benzene rings is 4. The molecule has 0 bridgehead atoms. The molecule has 0 aromatic heterocycles. The second-order valence-corrected chi connectivity index (χ2v) is 8.17. The SMILES string of the molecule is C=Cc1ccc(-c2ccc(/C=C/c3ccc(-c4ccc(C5CO5)cc4F)cc3)c(F)c2F)cc1. The number of ether oxygens (including phenoxy) is 1. The molecule has 34 heavy (non-hydrogen) atoms. The minimum absolute atomic E-state index is 0.00756. The summed E-state index contributed by atoms with van der Waals surface area (Å²) in [5, 5.41) is 0. The maximum atomic E-state index is 14.7. The summed E-state index contributed by atoms with van der Waals surface area (Å²) in [4.78, 5) is 0. The Morgan fingerprint density at radius 1 is 0.706 bits per heavy atom. The maximum Gasteiger partial charge on any atom is 0.167 e. The molecule has 0 amide bonds. The van der Waals surface area contributed by atoms with Gasteiger partial charge in [-0.05, 0) is 33.9 Å². The van der Waals surface area contributed by atoms with Gasteiger partial charge in [0.25, 0.3) is 0 Å². The summed E-state index contributed by atoms with van der Waals surface area (Å²) < 4.78 is 49.2. The third-order valence-electron chi connectivity index (χ3n) is 5.94. The van der Waals surface area contributed by atoms with Crippen LogP contribution in [-0.2, 0) is 4.74 Å². The lowest BCUT2D eigenvalue weighted by Gasteiger charge is -2.08. The number of hydrogen-bond acceptors (Lipinski definition) is 1. The molecule has 4 aromatic carbocycles. The van der Waals surface area contributed by atoms with Crippen molar-refractivity contribution in [2.75, 3.05) is 6.61 Å². The first-order valence-electron chi connectivity index (χ1n) is 10.9. The molecular weight excluding hydrogens is 433 g/mol. The van der Waals surface area contributed by atoms with Gasteiger partial charge in [0, 0.05) is 16.7 Å². The molecule has 168 valence electrons. The van der Waals surface area contributed by atoms with Crippen LogP contribution < -0.4 is 0 Å². The normalized spacial score (nSPS) is 15.0. The number of hydrogen-bond donors (Lipinski definition) is 0. The highest BCUT2D eigenvalue weighted by molar-refractivity contribution is 5.75. The quantitative estimate of drug-likeness (QED) is 0.211. The largest absolute Gasteiger partial charge is 0.368 e. The highest BCUT2D eigenvalue weighted by atomic mass is 19.2. The maximum absolute atomic E-state index is 14.7. The van der Waals surface area contributed by atoms with E-state index in [1.807, 2.05) is 18.2 Å². The Morgan fingerprint density at radius 3 is 1.94 bits per heavy atom. The van der Waals surface area contributed by atoms with E-state index in [0.29, 0.717) is 17.7 Å². The zero-order valence-corrected chi connectivity index (χ0v) is 18.3. The van der Waals surface area contributed by atoms with Gasteiger partial charge in [-0.15, -0.1) is 0 Å². The van der Waals surface area contributed by atoms with Gasteiger partial charge in [0.05, 0.1) is 6.61 Å². The van der Waals surface area contributed by atoms with E-state index in [9.17, 15) is 13.2 Å². The molecule has 1 heterocycles. The zero-order valence-electron chi connectivity index (χ0n) is 18.3. The van der Waals surface area contributed by atoms with E-state index in [2.05, 4.69) is 6.58 Å². The molecule has 0 radical (unpaired) electrons. The molecule has 1 aliphatic rings. The van der Waals surface area contributed by atoms with E-state index in [1.165, 1.54) is 12.1 Å². The first-order chi connectivity index (χ1) is 16.5. The third-order valence-corrected chi connectivity index (χ3v) is 5.94. The van der Waals surface area contributed by atoms with Gasteiger partial charge in [0.15, 0.2) is 11.6 Å². The van der Waals surface area contributed by atoms with Crippen molar-refractivity contribution < 1.29 is 17.9 Å². The topological polar surface area (TPSA) is 12.5 Å². The minimum Gasteiger partial charge on any atom is -0.368 e. The van der Waals surface area contributed by atoms with Crippen molar-refractivity contribution in [1.29, 1.82) is 0 Å². The van der Waals surface area contributed by atoms with E-state index in [1.54, 1.807) is 66.7 Å². The van der Waals surface area contributed by atoms with Crippen molar-refractivity contribution in [3.63, 3.8) is 0 Å². The Kier molecular flexibility index (Phi) is 5.91. The molecule has 5 rings (SSSR count). The minimum atomic E-state index is -0.903. The first kappa shape index (κ1) is 21.9. The van der Waals surface area contributed by atoms with E-state index >= 15 is 0 Å². The summed E-state index contributed by atoms with van der Waals surface area (Å²) in [6.45, 7) is 4.33. The third kappa shape index (κ3) is 4.45. The second-order valence-electron chi connectivity index (χ2n) is 8.17. The average molecular weight is 454 g/mol. The van der Waals surface area contributed by atoms with E-state index in [4.69, 9.17) is 4.74 Å². The zero-order chi connectivity index (χ0) is 23.7. The van der Waals surface area contributed by atoms with Crippen LogP contribution in [0.1, 0.15) is 28.4 Å². The Hall–Kier alpha value is -3.89. The van der Waals surface area contributed by atoms with Crippen molar-refractivity contribution in [1.82, 2.24) is 0 Å². The number of rotatable bonds is 6. The van der Waals surface area contributed by atoms with Crippen LogP contribution >= 0.6 is 0 Å². The molecule has 4 heteroatoms. The molecule has 1 aliphatic heterocycles. The van der Waals surface area contributed by atoms with Crippen LogP contribution in [-0.4, -0.2) is 6.61 Å². The van der Waals surface area contributed by atoms with Crippen LogP contribution in [0.2, 0.25) is 0 Å². The molecule has 1 atom stereocenters. The predicted molar refractivity (Wildman–Crippen MR) is 131 cm³/mol. The van der Waals surface area contributed by atoms with Crippen molar-refractivity contribution in [3.8, 4) is 22.3 Å². The molecule has 1 unspecified atom stereocenters.